The van der Waals surface area contributed by atoms with Crippen LogP contribution in [-0.4, -0.2) is 14.1 Å². The molecule has 3 aromatic rings. The third kappa shape index (κ3) is 34.2. The molecule has 0 aliphatic heterocycles. The summed E-state index contributed by atoms with van der Waals surface area (Å²) in [6.45, 7) is 12.0. The zero-order valence-electron chi connectivity index (χ0n) is 19.9. The summed E-state index contributed by atoms with van der Waals surface area (Å²) in [5, 5.41) is 3.50. The van der Waals surface area contributed by atoms with Crippen LogP contribution >= 0.6 is 37.9 Å². The Hall–Kier alpha value is -1.33. The zero-order valence-corrected chi connectivity index (χ0v) is 22.6. The molecule has 0 spiro atoms. The summed E-state index contributed by atoms with van der Waals surface area (Å²) in [5.74, 6) is 0. The lowest BCUT2D eigenvalue weighted by Crippen LogP contribution is -1.56. The highest BCUT2D eigenvalue weighted by Crippen LogP contribution is 2.02. The summed E-state index contributed by atoms with van der Waals surface area (Å²) in [6, 6.07) is 29.4. The summed E-state index contributed by atoms with van der Waals surface area (Å²) in [6.07, 6.45) is 0. The molecule has 0 fully saturated rings. The van der Waals surface area contributed by atoms with Gasteiger partial charge in [0.05, 0.1) is 0 Å². The SMILES string of the molecule is CC.CC.CC.C[N-]C.Sc1ccccc1.Sc1ccccc1.Sc1ccccc1. The molecule has 0 heterocycles. The first kappa shape index (κ1) is 36.1. The van der Waals surface area contributed by atoms with Crippen LogP contribution in [0.2, 0.25) is 0 Å². The number of benzene rings is 3. The maximum atomic E-state index is 4.08. The van der Waals surface area contributed by atoms with Gasteiger partial charge in [-0.3, -0.25) is 0 Å². The lowest BCUT2D eigenvalue weighted by molar-refractivity contribution is 1.48. The zero-order chi connectivity index (χ0) is 24.0. The van der Waals surface area contributed by atoms with Crippen molar-refractivity contribution in [2.45, 2.75) is 56.2 Å². The smallest absolute Gasteiger partial charge is 0.00399 e. The highest BCUT2D eigenvalue weighted by atomic mass is 32.1. The van der Waals surface area contributed by atoms with Gasteiger partial charge >= 0.3 is 0 Å². The lowest BCUT2D eigenvalue weighted by atomic mass is 10.4. The third-order valence-corrected chi connectivity index (χ3v) is 3.16. The van der Waals surface area contributed by atoms with Crippen LogP contribution in [0, 0.1) is 0 Å². The average molecular weight is 465 g/mol. The van der Waals surface area contributed by atoms with Gasteiger partial charge in [-0.15, -0.1) is 37.9 Å². The van der Waals surface area contributed by atoms with Crippen molar-refractivity contribution in [1.82, 2.24) is 0 Å². The summed E-state index contributed by atoms with van der Waals surface area (Å²) >= 11 is 12.3. The molecule has 0 saturated heterocycles. The Kier molecular flexibility index (Phi) is 42.2. The van der Waals surface area contributed by atoms with Crippen molar-refractivity contribution in [2.75, 3.05) is 14.1 Å². The van der Waals surface area contributed by atoms with Gasteiger partial charge in [0.15, 0.2) is 0 Å². The van der Waals surface area contributed by atoms with Gasteiger partial charge in [-0.2, -0.15) is 14.1 Å². The van der Waals surface area contributed by atoms with Gasteiger partial charge in [0.2, 0.25) is 0 Å². The van der Waals surface area contributed by atoms with Crippen LogP contribution in [0.3, 0.4) is 0 Å². The largest absolute Gasteiger partial charge is 0.668 e. The van der Waals surface area contributed by atoms with E-state index in [9.17, 15) is 0 Å². The first-order valence-electron chi connectivity index (χ1n) is 10.3. The summed E-state index contributed by atoms with van der Waals surface area (Å²) in [5.41, 5.74) is 0. The van der Waals surface area contributed by atoms with Gasteiger partial charge in [-0.25, -0.2) is 0 Å². The van der Waals surface area contributed by atoms with E-state index >= 15 is 0 Å². The molecule has 0 aliphatic carbocycles. The summed E-state index contributed by atoms with van der Waals surface area (Å²) in [7, 11) is 3.50. The fourth-order valence-corrected chi connectivity index (χ4v) is 1.80. The first-order chi connectivity index (χ1) is 14.6. The van der Waals surface area contributed by atoms with Gasteiger partial charge in [0.1, 0.15) is 0 Å². The quantitative estimate of drug-likeness (QED) is 0.274. The molecule has 1 nitrogen and oxygen atoms in total. The van der Waals surface area contributed by atoms with Gasteiger partial charge in [-0.1, -0.05) is 96.1 Å². The minimum Gasteiger partial charge on any atom is -0.668 e. The molecule has 0 aliphatic rings. The highest BCUT2D eigenvalue weighted by Gasteiger charge is 1.74. The Bertz CT molecular complexity index is 514. The van der Waals surface area contributed by atoms with E-state index in [1.54, 1.807) is 14.1 Å². The van der Waals surface area contributed by atoms with Crippen molar-refractivity contribution in [3.05, 3.63) is 96.3 Å². The number of thiol groups is 3. The normalized spacial score (nSPS) is 7.30. The van der Waals surface area contributed by atoms with E-state index in [-0.39, 0.29) is 0 Å². The van der Waals surface area contributed by atoms with Crippen LogP contribution < -0.4 is 0 Å². The maximum Gasteiger partial charge on any atom is 0.00399 e. The average Bonchev–Trinajstić information content (AvgIpc) is 2.81. The van der Waals surface area contributed by atoms with Gasteiger partial charge in [0, 0.05) is 14.7 Å². The van der Waals surface area contributed by atoms with E-state index < -0.39 is 0 Å². The van der Waals surface area contributed by atoms with Crippen molar-refractivity contribution in [3.8, 4) is 0 Å². The summed E-state index contributed by atoms with van der Waals surface area (Å²) < 4.78 is 0. The lowest BCUT2D eigenvalue weighted by Gasteiger charge is -1.85. The van der Waals surface area contributed by atoms with Gasteiger partial charge in [0.25, 0.3) is 0 Å². The first-order valence-corrected chi connectivity index (χ1v) is 11.6. The molecule has 0 aromatic heterocycles. The van der Waals surface area contributed by atoms with Crippen molar-refractivity contribution >= 4 is 37.9 Å². The minimum absolute atomic E-state index is 1.02. The maximum absolute atomic E-state index is 4.08. The highest BCUT2D eigenvalue weighted by molar-refractivity contribution is 7.80. The van der Waals surface area contributed by atoms with Crippen LogP contribution in [0.25, 0.3) is 5.32 Å². The molecule has 30 heavy (non-hydrogen) atoms. The predicted molar refractivity (Wildman–Crippen MR) is 150 cm³/mol. The minimum atomic E-state index is 1.02. The molecule has 3 rings (SSSR count). The molecule has 0 atom stereocenters. The standard InChI is InChI=1S/3C6H6S.C2H6N.3C2H6/c3*7-6-4-2-1-3-5-6;1-3-2;3*1-2/h3*1-5,7H;1-2H3;3*1-2H3/q;;;-1;;;. The predicted octanol–water partition coefficient (Wildman–Crippen LogP) is 9.62. The Labute approximate surface area is 204 Å². The fraction of sp³-hybridized carbons (Fsp3) is 0.308. The number of hydrogen-bond acceptors (Lipinski definition) is 3. The van der Waals surface area contributed by atoms with E-state index in [1.807, 2.05) is 133 Å². The van der Waals surface area contributed by atoms with Crippen molar-refractivity contribution in [3.63, 3.8) is 0 Å². The number of hydrogen-bond donors (Lipinski definition) is 3. The van der Waals surface area contributed by atoms with Crippen LogP contribution in [-0.2, 0) is 0 Å². The second kappa shape index (κ2) is 35.1. The molecule has 0 radical (unpaired) electrons. The van der Waals surface area contributed by atoms with E-state index in [4.69, 9.17) is 0 Å². The fourth-order valence-electron chi connectivity index (χ4n) is 1.28. The summed E-state index contributed by atoms with van der Waals surface area (Å²) in [4.78, 5) is 3.05. The van der Waals surface area contributed by atoms with Gasteiger partial charge in [-0.05, 0) is 36.4 Å². The Morgan fingerprint density at radius 2 is 0.533 bits per heavy atom. The Morgan fingerprint density at radius 1 is 0.400 bits per heavy atom. The molecule has 0 saturated carbocycles. The monoisotopic (exact) mass is 464 g/mol. The molecule has 0 N–H and O–H groups in total. The van der Waals surface area contributed by atoms with E-state index in [2.05, 4.69) is 43.2 Å². The van der Waals surface area contributed by atoms with Crippen molar-refractivity contribution in [2.24, 2.45) is 0 Å². The molecule has 0 unspecified atom stereocenters. The van der Waals surface area contributed by atoms with Crippen LogP contribution in [0.4, 0.5) is 0 Å². The topological polar surface area (TPSA) is 14.1 Å². The second-order valence-corrected chi connectivity index (χ2v) is 6.00. The molecule has 0 bridgehead atoms. The molecular weight excluding hydrogens is 422 g/mol. The second-order valence-electron chi connectivity index (χ2n) is 4.45. The molecular formula is C26H42NS3-. The van der Waals surface area contributed by atoms with Crippen molar-refractivity contribution in [1.29, 1.82) is 0 Å². The van der Waals surface area contributed by atoms with Crippen molar-refractivity contribution < 1.29 is 0 Å². The van der Waals surface area contributed by atoms with Crippen LogP contribution in [0.15, 0.2) is 106 Å². The van der Waals surface area contributed by atoms with Crippen LogP contribution in [0.1, 0.15) is 41.5 Å². The van der Waals surface area contributed by atoms with E-state index in [0.717, 1.165) is 14.7 Å². The van der Waals surface area contributed by atoms with E-state index in [1.165, 1.54) is 0 Å². The molecule has 0 amide bonds. The molecule has 4 heteroatoms. The third-order valence-electron chi connectivity index (χ3n) is 2.27. The van der Waals surface area contributed by atoms with Crippen LogP contribution in [0.5, 0.6) is 0 Å². The van der Waals surface area contributed by atoms with Gasteiger partial charge < -0.3 is 5.32 Å². The number of nitrogens with zero attached hydrogens (tertiary/aromatic N) is 1. The Morgan fingerprint density at radius 3 is 0.600 bits per heavy atom. The Balaban J connectivity index is -0.000000142. The molecule has 3 aromatic carbocycles. The number of rotatable bonds is 0. The van der Waals surface area contributed by atoms with E-state index in [0.29, 0.717) is 0 Å². The molecule has 170 valence electrons.